The van der Waals surface area contributed by atoms with E-state index in [2.05, 4.69) is 36.3 Å². The Balaban J connectivity index is 1.28. The highest BCUT2D eigenvalue weighted by Gasteiger charge is 2.27. The van der Waals surface area contributed by atoms with Gasteiger partial charge in [-0.3, -0.25) is 23.2 Å². The minimum absolute atomic E-state index is 0.228. The zero-order valence-corrected chi connectivity index (χ0v) is 31.2. The Hall–Kier alpha value is -5.44. The maximum atomic E-state index is 14.3. The normalized spacial score (nSPS) is 11.6. The number of aromatic nitrogens is 9. The van der Waals surface area contributed by atoms with Crippen LogP contribution < -0.4 is 15.9 Å². The summed E-state index contributed by atoms with van der Waals surface area (Å²) in [5.74, 6) is 2.30. The number of para-hydroxylation sites is 1. The summed E-state index contributed by atoms with van der Waals surface area (Å²) >= 11 is 11.5. The van der Waals surface area contributed by atoms with E-state index in [4.69, 9.17) is 16.3 Å². The predicted molar refractivity (Wildman–Crippen MR) is 206 cm³/mol. The third kappa shape index (κ3) is 5.63. The topological polar surface area (TPSA) is 119 Å². The maximum Gasteiger partial charge on any atom is 0.296 e. The first-order chi connectivity index (χ1) is 25.3. The van der Waals surface area contributed by atoms with Crippen molar-refractivity contribution in [3.63, 3.8) is 0 Å². The van der Waals surface area contributed by atoms with E-state index in [0.29, 0.717) is 62.2 Å². The molecule has 0 bridgehead atoms. The van der Waals surface area contributed by atoms with Crippen LogP contribution in [0.5, 0.6) is 5.75 Å². The summed E-state index contributed by atoms with van der Waals surface area (Å²) in [6, 6.07) is 29.5. The number of thioether (sulfide) groups is 1. The van der Waals surface area contributed by atoms with Gasteiger partial charge >= 0.3 is 0 Å². The van der Waals surface area contributed by atoms with Crippen LogP contribution >= 0.6 is 39.3 Å². The lowest BCUT2D eigenvalue weighted by Gasteiger charge is -2.13. The molecule has 0 spiro atoms. The van der Waals surface area contributed by atoms with E-state index >= 15 is 0 Å². The number of fused-ring (bicyclic) bond motifs is 3. The van der Waals surface area contributed by atoms with Crippen LogP contribution in [0.1, 0.15) is 18.4 Å². The molecule has 0 saturated carbocycles. The van der Waals surface area contributed by atoms with Crippen molar-refractivity contribution in [2.75, 3.05) is 6.61 Å². The number of halogens is 2. The van der Waals surface area contributed by atoms with Crippen molar-refractivity contribution in [1.82, 2.24) is 43.3 Å². The summed E-state index contributed by atoms with van der Waals surface area (Å²) in [6.45, 7) is 4.34. The molecule has 0 fully saturated rings. The minimum atomic E-state index is -0.262. The standard InChI is InChI=1S/C37H29BrClN9O3S/c1-4-51-26-17-15-24(16-18-26)45-34(49)28-19-14-23(39)20-30(28)46-31(40-42-36(45)46)21-52-37-43-41-33(27-12-8-9-13-29(27)38)47(37)32-22(2)44(3)48(35(32)50)25-10-6-5-7-11-25/h5-20H,4,21H2,1-3H3. The average molecular weight is 795 g/mol. The summed E-state index contributed by atoms with van der Waals surface area (Å²) in [6.07, 6.45) is 0. The quantitative estimate of drug-likeness (QED) is 0.141. The van der Waals surface area contributed by atoms with Gasteiger partial charge in [0.1, 0.15) is 17.3 Å². The first-order valence-electron chi connectivity index (χ1n) is 16.3. The van der Waals surface area contributed by atoms with Crippen molar-refractivity contribution in [3.8, 4) is 34.2 Å². The molecule has 0 atom stereocenters. The monoisotopic (exact) mass is 793 g/mol. The minimum Gasteiger partial charge on any atom is -0.494 e. The van der Waals surface area contributed by atoms with E-state index in [9.17, 15) is 9.59 Å². The van der Waals surface area contributed by atoms with E-state index in [-0.39, 0.29) is 16.9 Å². The zero-order valence-electron chi connectivity index (χ0n) is 28.1. The Labute approximate surface area is 314 Å². The fourth-order valence-electron chi connectivity index (χ4n) is 6.29. The molecule has 8 aromatic rings. The van der Waals surface area contributed by atoms with E-state index in [1.807, 2.05) is 109 Å². The molecule has 0 aliphatic rings. The number of ether oxygens (including phenoxy) is 1. The Morgan fingerprint density at radius 2 is 1.58 bits per heavy atom. The molecule has 4 aromatic heterocycles. The van der Waals surface area contributed by atoms with Crippen LogP contribution in [0.2, 0.25) is 5.02 Å². The Kier molecular flexibility index (Phi) is 8.81. The van der Waals surface area contributed by atoms with Crippen LogP contribution in [0.25, 0.3) is 45.1 Å². The lowest BCUT2D eigenvalue weighted by Crippen LogP contribution is -2.22. The van der Waals surface area contributed by atoms with Crippen molar-refractivity contribution in [1.29, 1.82) is 0 Å². The van der Waals surface area contributed by atoms with Gasteiger partial charge in [0.25, 0.3) is 11.1 Å². The lowest BCUT2D eigenvalue weighted by atomic mass is 10.2. The Bertz CT molecular complexity index is 2750. The van der Waals surface area contributed by atoms with Gasteiger partial charge < -0.3 is 4.74 Å². The maximum absolute atomic E-state index is 14.3. The summed E-state index contributed by atoms with van der Waals surface area (Å²) < 4.78 is 15.0. The van der Waals surface area contributed by atoms with Gasteiger partial charge in [-0.1, -0.05) is 75.7 Å². The second-order valence-electron chi connectivity index (χ2n) is 11.8. The molecule has 260 valence electrons. The third-order valence-electron chi connectivity index (χ3n) is 8.78. The number of hydrogen-bond acceptors (Lipinski definition) is 8. The van der Waals surface area contributed by atoms with Crippen LogP contribution in [-0.4, -0.2) is 49.9 Å². The van der Waals surface area contributed by atoms with Crippen molar-refractivity contribution in [3.05, 3.63) is 139 Å². The van der Waals surface area contributed by atoms with E-state index in [1.54, 1.807) is 27.4 Å². The molecule has 0 unspecified atom stereocenters. The second-order valence-corrected chi connectivity index (χ2v) is 14.0. The van der Waals surface area contributed by atoms with Gasteiger partial charge in [0.05, 0.1) is 40.3 Å². The first kappa shape index (κ1) is 33.7. The zero-order chi connectivity index (χ0) is 36.1. The molecule has 0 amide bonds. The SMILES string of the molecule is CCOc1ccc(-n2c(=O)c3ccc(Cl)cc3n3c(CSc4nnc(-c5ccccc5Br)n4-c4c(C)n(C)n(-c5ccccc5)c4=O)nnc23)cc1. The number of hydrogen-bond donors (Lipinski definition) is 0. The van der Waals surface area contributed by atoms with Crippen LogP contribution in [0, 0.1) is 6.92 Å². The van der Waals surface area contributed by atoms with Gasteiger partial charge in [-0.05, 0) is 74.5 Å². The Morgan fingerprint density at radius 1 is 0.827 bits per heavy atom. The molecule has 4 heterocycles. The van der Waals surface area contributed by atoms with Gasteiger partial charge in [0.15, 0.2) is 11.0 Å². The Morgan fingerprint density at radius 3 is 2.33 bits per heavy atom. The number of benzene rings is 4. The first-order valence-corrected chi connectivity index (χ1v) is 18.4. The van der Waals surface area contributed by atoms with E-state index < -0.39 is 0 Å². The molecule has 15 heteroatoms. The van der Waals surface area contributed by atoms with E-state index in [0.717, 1.165) is 21.4 Å². The van der Waals surface area contributed by atoms with Gasteiger partial charge in [0, 0.05) is 22.1 Å². The van der Waals surface area contributed by atoms with Gasteiger partial charge in [-0.25, -0.2) is 9.25 Å². The fraction of sp³-hybridized carbons (Fsp3) is 0.135. The molecule has 52 heavy (non-hydrogen) atoms. The van der Waals surface area contributed by atoms with Crippen LogP contribution in [-0.2, 0) is 12.8 Å². The molecule has 0 saturated heterocycles. The summed E-state index contributed by atoms with van der Waals surface area (Å²) in [5.41, 5.74) is 3.31. The largest absolute Gasteiger partial charge is 0.494 e. The molecular weight excluding hydrogens is 766 g/mol. The van der Waals surface area contributed by atoms with Gasteiger partial charge in [0.2, 0.25) is 5.78 Å². The molecule has 0 aliphatic carbocycles. The van der Waals surface area contributed by atoms with Gasteiger partial charge in [-0.2, -0.15) is 0 Å². The fourth-order valence-corrected chi connectivity index (χ4v) is 7.77. The summed E-state index contributed by atoms with van der Waals surface area (Å²) in [7, 11) is 1.85. The van der Waals surface area contributed by atoms with Crippen molar-refractivity contribution in [2.24, 2.45) is 7.05 Å². The molecule has 8 rings (SSSR count). The van der Waals surface area contributed by atoms with Crippen LogP contribution in [0.15, 0.2) is 116 Å². The second kappa shape index (κ2) is 13.6. The van der Waals surface area contributed by atoms with Crippen molar-refractivity contribution >= 4 is 56.0 Å². The van der Waals surface area contributed by atoms with Crippen LogP contribution in [0.4, 0.5) is 0 Å². The molecule has 0 aliphatic heterocycles. The van der Waals surface area contributed by atoms with Gasteiger partial charge in [-0.15, -0.1) is 20.4 Å². The van der Waals surface area contributed by atoms with Crippen LogP contribution in [0.3, 0.4) is 0 Å². The number of rotatable bonds is 9. The average Bonchev–Trinajstić information content (AvgIpc) is 3.82. The molecule has 0 radical (unpaired) electrons. The number of nitrogens with zero attached hydrogens (tertiary/aromatic N) is 9. The molecular formula is C37H29BrClN9O3S. The molecule has 12 nitrogen and oxygen atoms in total. The van der Waals surface area contributed by atoms with E-state index in [1.165, 1.54) is 16.3 Å². The lowest BCUT2D eigenvalue weighted by molar-refractivity contribution is 0.340. The third-order valence-corrected chi connectivity index (χ3v) is 10.6. The predicted octanol–water partition coefficient (Wildman–Crippen LogP) is 7.19. The van der Waals surface area contributed by atoms with Crippen molar-refractivity contribution < 1.29 is 4.74 Å². The summed E-state index contributed by atoms with van der Waals surface area (Å²) in [4.78, 5) is 28.3. The molecule has 0 N–H and O–H groups in total. The highest BCUT2D eigenvalue weighted by Crippen LogP contribution is 2.34. The molecule has 4 aromatic carbocycles. The highest BCUT2D eigenvalue weighted by molar-refractivity contribution is 9.10. The van der Waals surface area contributed by atoms with Crippen molar-refractivity contribution in [2.45, 2.75) is 24.8 Å². The summed E-state index contributed by atoms with van der Waals surface area (Å²) in [5, 5.41) is 19.7. The highest BCUT2D eigenvalue weighted by atomic mass is 79.9. The smallest absolute Gasteiger partial charge is 0.296 e.